The molecule has 0 amide bonds. The molecular weight excluding hydrogens is 515 g/mol. The van der Waals surface area contributed by atoms with Crippen molar-refractivity contribution in [1.29, 1.82) is 0 Å². The maximum atomic E-state index is 14.1. The number of ether oxygens (including phenoxy) is 2. The van der Waals surface area contributed by atoms with E-state index in [0.29, 0.717) is 19.5 Å². The topological polar surface area (TPSA) is 89.2 Å². The number of rotatable bonds is 13. The normalized spacial score (nSPS) is 11.8. The number of nitrogens with zero attached hydrogens (tertiary/aromatic N) is 1. The average molecular weight is 550 g/mol. The molecule has 3 aromatic rings. The van der Waals surface area contributed by atoms with Crippen molar-refractivity contribution in [3.05, 3.63) is 63.5 Å². The fraction of sp³-hybridized carbons (Fsp3) is 0.448. The van der Waals surface area contributed by atoms with Gasteiger partial charge in [-0.05, 0) is 68.8 Å². The van der Waals surface area contributed by atoms with Crippen molar-refractivity contribution in [2.75, 3.05) is 19.7 Å². The van der Waals surface area contributed by atoms with Gasteiger partial charge < -0.3 is 19.0 Å². The predicted octanol–water partition coefficient (Wildman–Crippen LogP) is 7.28. The Kier molecular flexibility index (Phi) is 10.4. The molecule has 0 unspecified atom stereocenters. The third-order valence-electron chi connectivity index (χ3n) is 6.14. The van der Waals surface area contributed by atoms with Gasteiger partial charge in [0.05, 0.1) is 23.1 Å². The molecule has 0 saturated heterocycles. The van der Waals surface area contributed by atoms with Crippen molar-refractivity contribution in [3.63, 3.8) is 0 Å². The molecule has 0 spiro atoms. The van der Waals surface area contributed by atoms with Gasteiger partial charge in [0.25, 0.3) is 5.76 Å². The Morgan fingerprint density at radius 2 is 1.62 bits per heavy atom. The van der Waals surface area contributed by atoms with Crippen LogP contribution in [-0.2, 0) is 17.5 Å². The molecule has 10 heteroatoms. The lowest BCUT2D eigenvalue weighted by molar-refractivity contribution is -0.154. The number of benzene rings is 2. The van der Waals surface area contributed by atoms with Crippen molar-refractivity contribution >= 4 is 16.9 Å². The van der Waals surface area contributed by atoms with E-state index in [1.807, 2.05) is 25.7 Å². The Bertz CT molecular complexity index is 1310. The molecule has 3 rings (SSSR count). The van der Waals surface area contributed by atoms with Gasteiger partial charge in [-0.25, -0.2) is 4.79 Å². The lowest BCUT2D eigenvalue weighted by Gasteiger charge is -2.23. The molecule has 2 aromatic carbocycles. The van der Waals surface area contributed by atoms with Gasteiger partial charge in [-0.3, -0.25) is 9.69 Å². The van der Waals surface area contributed by atoms with Crippen LogP contribution in [0.1, 0.15) is 74.6 Å². The van der Waals surface area contributed by atoms with E-state index in [-0.39, 0.29) is 46.7 Å². The second-order valence-corrected chi connectivity index (χ2v) is 9.27. The lowest BCUT2D eigenvalue weighted by atomic mass is 10.1. The van der Waals surface area contributed by atoms with Crippen LogP contribution in [0.25, 0.3) is 11.0 Å². The molecule has 0 aliphatic heterocycles. The van der Waals surface area contributed by atoms with E-state index >= 15 is 0 Å². The van der Waals surface area contributed by atoms with Gasteiger partial charge in [-0.1, -0.05) is 33.6 Å². The number of esters is 1. The first kappa shape index (κ1) is 30.0. The van der Waals surface area contributed by atoms with Crippen molar-refractivity contribution in [3.8, 4) is 17.2 Å². The number of unbranched alkanes of at least 4 members (excludes halogenated alkanes) is 2. The minimum absolute atomic E-state index is 0.0940. The Labute approximate surface area is 225 Å². The van der Waals surface area contributed by atoms with E-state index in [2.05, 4.69) is 0 Å². The maximum absolute atomic E-state index is 14.1. The van der Waals surface area contributed by atoms with E-state index in [9.17, 15) is 27.9 Å². The second kappa shape index (κ2) is 13.5. The molecular formula is C29H34F3NO6. The molecule has 0 atom stereocenters. The number of fused-ring (bicyclic) bond motifs is 1. The SMILES string of the molecule is CCCCN(CCCC)Cc1c(O)ccc2c(=O)c(Oc3ccc(C(=O)OCCC)cc3)c(C(F)(F)F)oc12. The van der Waals surface area contributed by atoms with Gasteiger partial charge in [-0.15, -0.1) is 0 Å². The van der Waals surface area contributed by atoms with Gasteiger partial charge in [0.15, 0.2) is 0 Å². The standard InChI is InChI=1S/C29H34F3NO6/c1-4-7-15-33(16-8-5-2)18-22-23(34)14-13-21-24(35)26(27(29(30,31)32)39-25(21)22)38-20-11-9-19(10-12-20)28(36)37-17-6-3/h9-14,34H,4-8,15-18H2,1-3H3. The van der Waals surface area contributed by atoms with Gasteiger partial charge in [0, 0.05) is 6.54 Å². The molecule has 0 fully saturated rings. The summed E-state index contributed by atoms with van der Waals surface area (Å²) in [7, 11) is 0. The van der Waals surface area contributed by atoms with Gasteiger partial charge in [0.2, 0.25) is 11.2 Å². The van der Waals surface area contributed by atoms with E-state index in [0.717, 1.165) is 25.7 Å². The zero-order chi connectivity index (χ0) is 28.6. The molecule has 7 nitrogen and oxygen atoms in total. The minimum atomic E-state index is -5.06. The zero-order valence-electron chi connectivity index (χ0n) is 22.4. The van der Waals surface area contributed by atoms with Gasteiger partial charge in [0.1, 0.15) is 17.1 Å². The van der Waals surface area contributed by atoms with Crippen LogP contribution < -0.4 is 10.2 Å². The number of carbonyl (C=O) groups excluding carboxylic acids is 1. The van der Waals surface area contributed by atoms with Crippen molar-refractivity contribution in [2.45, 2.75) is 65.6 Å². The van der Waals surface area contributed by atoms with Gasteiger partial charge in [-0.2, -0.15) is 13.2 Å². The number of phenolic OH excluding ortho intramolecular Hbond substituents is 1. The van der Waals surface area contributed by atoms with Crippen LogP contribution in [0.5, 0.6) is 17.2 Å². The number of phenols is 1. The fourth-order valence-electron chi connectivity index (χ4n) is 4.03. The molecule has 1 aromatic heterocycles. The van der Waals surface area contributed by atoms with Crippen molar-refractivity contribution < 1.29 is 37.0 Å². The quantitative estimate of drug-likeness (QED) is 0.224. The monoisotopic (exact) mass is 549 g/mol. The summed E-state index contributed by atoms with van der Waals surface area (Å²) in [5.74, 6) is -3.56. The fourth-order valence-corrected chi connectivity index (χ4v) is 4.03. The Morgan fingerprint density at radius 3 is 2.18 bits per heavy atom. The Hall–Kier alpha value is -3.53. The van der Waals surface area contributed by atoms with Gasteiger partial charge >= 0.3 is 12.1 Å². The third kappa shape index (κ3) is 7.53. The van der Waals surface area contributed by atoms with Crippen molar-refractivity contribution in [2.24, 2.45) is 0 Å². The van der Waals surface area contributed by atoms with Crippen LogP contribution in [-0.4, -0.2) is 35.7 Å². The first-order chi connectivity index (χ1) is 18.6. The largest absolute Gasteiger partial charge is 0.507 e. The first-order valence-corrected chi connectivity index (χ1v) is 13.2. The summed E-state index contributed by atoms with van der Waals surface area (Å²) in [5.41, 5.74) is -1.05. The summed E-state index contributed by atoms with van der Waals surface area (Å²) in [6.45, 7) is 7.65. The number of hydrogen-bond acceptors (Lipinski definition) is 7. The summed E-state index contributed by atoms with van der Waals surface area (Å²) in [5, 5.41) is 10.4. The number of carbonyl (C=O) groups is 1. The van der Waals surface area contributed by atoms with Crippen LogP contribution in [0.15, 0.2) is 45.6 Å². The Morgan fingerprint density at radius 1 is 0.974 bits per heavy atom. The number of hydrogen-bond donors (Lipinski definition) is 1. The summed E-state index contributed by atoms with van der Waals surface area (Å²) in [6.07, 6.45) is -0.808. The molecule has 0 aliphatic rings. The predicted molar refractivity (Wildman–Crippen MR) is 141 cm³/mol. The highest BCUT2D eigenvalue weighted by Crippen LogP contribution is 2.40. The zero-order valence-corrected chi connectivity index (χ0v) is 22.4. The van der Waals surface area contributed by atoms with Crippen molar-refractivity contribution in [1.82, 2.24) is 4.90 Å². The molecule has 1 N–H and O–H groups in total. The molecule has 0 aliphatic carbocycles. The van der Waals surface area contributed by atoms with Crippen LogP contribution in [0.2, 0.25) is 0 Å². The lowest BCUT2D eigenvalue weighted by Crippen LogP contribution is -2.26. The van der Waals surface area contributed by atoms with Crippen LogP contribution in [0.3, 0.4) is 0 Å². The molecule has 0 bridgehead atoms. The number of aromatic hydroxyl groups is 1. The molecule has 39 heavy (non-hydrogen) atoms. The number of alkyl halides is 3. The molecule has 212 valence electrons. The smallest absolute Gasteiger partial charge is 0.453 e. The molecule has 0 saturated carbocycles. The Balaban J connectivity index is 2.05. The first-order valence-electron chi connectivity index (χ1n) is 13.2. The highest BCUT2D eigenvalue weighted by Gasteiger charge is 2.41. The third-order valence-corrected chi connectivity index (χ3v) is 6.14. The van der Waals surface area contributed by atoms with Crippen LogP contribution in [0, 0.1) is 0 Å². The summed E-state index contributed by atoms with van der Waals surface area (Å²) < 4.78 is 58.2. The average Bonchev–Trinajstić information content (AvgIpc) is 2.91. The van der Waals surface area contributed by atoms with E-state index in [4.69, 9.17) is 13.9 Å². The highest BCUT2D eigenvalue weighted by atomic mass is 19.4. The van der Waals surface area contributed by atoms with Crippen LogP contribution in [0.4, 0.5) is 13.2 Å². The minimum Gasteiger partial charge on any atom is -0.507 e. The summed E-state index contributed by atoms with van der Waals surface area (Å²) in [6, 6.07) is 7.71. The summed E-state index contributed by atoms with van der Waals surface area (Å²) in [4.78, 5) is 27.4. The number of halogens is 3. The maximum Gasteiger partial charge on any atom is 0.453 e. The van der Waals surface area contributed by atoms with E-state index < -0.39 is 29.1 Å². The second-order valence-electron chi connectivity index (χ2n) is 9.27. The van der Waals surface area contributed by atoms with Crippen LogP contribution >= 0.6 is 0 Å². The summed E-state index contributed by atoms with van der Waals surface area (Å²) >= 11 is 0. The molecule has 0 radical (unpaired) electrons. The molecule has 1 heterocycles. The highest BCUT2D eigenvalue weighted by molar-refractivity contribution is 5.89. The van der Waals surface area contributed by atoms with E-state index in [1.165, 1.54) is 36.4 Å². The van der Waals surface area contributed by atoms with E-state index in [1.54, 1.807) is 0 Å².